The molecule has 1 aromatic heterocycles. The molecule has 2 N–H and O–H groups in total. The minimum absolute atomic E-state index is 0.393. The van der Waals surface area contributed by atoms with Crippen LogP contribution in [0, 0.1) is 5.41 Å². The summed E-state index contributed by atoms with van der Waals surface area (Å²) in [7, 11) is 2.23. The minimum Gasteiger partial charge on any atom is -0.330 e. The van der Waals surface area contributed by atoms with Crippen molar-refractivity contribution in [1.82, 2.24) is 4.90 Å². The van der Waals surface area contributed by atoms with Crippen molar-refractivity contribution >= 4 is 11.3 Å². The maximum Gasteiger partial charge on any atom is 0.0325 e. The van der Waals surface area contributed by atoms with Crippen LogP contribution in [0.4, 0.5) is 0 Å². The molecule has 1 saturated carbocycles. The molecular weight excluding hydrogens is 228 g/mol. The first-order valence-electron chi connectivity index (χ1n) is 6.65. The monoisotopic (exact) mass is 252 g/mol. The number of nitrogens with two attached hydrogens (primary N) is 1. The Balaban J connectivity index is 1.89. The zero-order valence-electron chi connectivity index (χ0n) is 10.8. The van der Waals surface area contributed by atoms with Crippen LogP contribution in [0.2, 0.25) is 0 Å². The Kier molecular flexibility index (Phi) is 4.60. The molecule has 0 aromatic carbocycles. The van der Waals surface area contributed by atoms with Gasteiger partial charge in [-0.1, -0.05) is 25.3 Å². The summed E-state index contributed by atoms with van der Waals surface area (Å²) in [5.41, 5.74) is 6.43. The van der Waals surface area contributed by atoms with E-state index in [4.69, 9.17) is 5.73 Å². The van der Waals surface area contributed by atoms with Gasteiger partial charge in [0, 0.05) is 18.0 Å². The molecule has 3 heteroatoms. The van der Waals surface area contributed by atoms with Gasteiger partial charge in [0.15, 0.2) is 0 Å². The van der Waals surface area contributed by atoms with Crippen molar-refractivity contribution in [2.75, 3.05) is 20.1 Å². The Bertz CT molecular complexity index is 315. The van der Waals surface area contributed by atoms with Crippen LogP contribution in [-0.4, -0.2) is 25.0 Å². The number of rotatable bonds is 5. The Labute approximate surface area is 109 Å². The normalized spacial score (nSPS) is 19.7. The molecule has 1 aliphatic rings. The smallest absolute Gasteiger partial charge is 0.0325 e. The van der Waals surface area contributed by atoms with E-state index in [9.17, 15) is 0 Å². The van der Waals surface area contributed by atoms with Crippen molar-refractivity contribution in [3.05, 3.63) is 22.4 Å². The van der Waals surface area contributed by atoms with Crippen LogP contribution in [0.5, 0.6) is 0 Å². The predicted molar refractivity (Wildman–Crippen MR) is 75.2 cm³/mol. The predicted octanol–water partition coefficient (Wildman–Crippen LogP) is 3.09. The van der Waals surface area contributed by atoms with E-state index in [0.29, 0.717) is 5.41 Å². The zero-order valence-corrected chi connectivity index (χ0v) is 11.6. The standard InChI is InChI=1S/C14H24N2S/c1-16(10-13-6-5-9-17-13)12-14(11-15)7-3-2-4-8-14/h5-6,9H,2-4,7-8,10-12,15H2,1H3. The highest BCUT2D eigenvalue weighted by molar-refractivity contribution is 7.09. The van der Waals surface area contributed by atoms with E-state index in [-0.39, 0.29) is 0 Å². The fraction of sp³-hybridized carbons (Fsp3) is 0.714. The molecule has 0 radical (unpaired) electrons. The summed E-state index contributed by atoms with van der Waals surface area (Å²) in [4.78, 5) is 3.90. The Morgan fingerprint density at radius 1 is 1.35 bits per heavy atom. The lowest BCUT2D eigenvalue weighted by molar-refractivity contribution is 0.125. The number of thiophene rings is 1. The van der Waals surface area contributed by atoms with E-state index in [1.54, 1.807) is 0 Å². The summed E-state index contributed by atoms with van der Waals surface area (Å²) in [6.07, 6.45) is 6.76. The topological polar surface area (TPSA) is 29.3 Å². The molecule has 0 unspecified atom stereocenters. The first kappa shape index (κ1) is 13.1. The fourth-order valence-corrected chi connectivity index (χ4v) is 3.81. The van der Waals surface area contributed by atoms with Crippen molar-refractivity contribution < 1.29 is 0 Å². The third-order valence-electron chi connectivity index (χ3n) is 3.96. The molecule has 1 heterocycles. The van der Waals surface area contributed by atoms with Crippen LogP contribution in [0.1, 0.15) is 37.0 Å². The average Bonchev–Trinajstić information content (AvgIpc) is 2.83. The first-order chi connectivity index (χ1) is 8.24. The molecule has 0 atom stereocenters. The third kappa shape index (κ3) is 3.54. The van der Waals surface area contributed by atoms with E-state index in [0.717, 1.165) is 19.6 Å². The van der Waals surface area contributed by atoms with Gasteiger partial charge in [-0.3, -0.25) is 0 Å². The Morgan fingerprint density at radius 3 is 2.71 bits per heavy atom. The highest BCUT2D eigenvalue weighted by atomic mass is 32.1. The third-order valence-corrected chi connectivity index (χ3v) is 4.82. The van der Waals surface area contributed by atoms with Crippen LogP contribution in [0.25, 0.3) is 0 Å². The molecule has 1 fully saturated rings. The summed E-state index contributed by atoms with van der Waals surface area (Å²) in [5, 5.41) is 2.16. The summed E-state index contributed by atoms with van der Waals surface area (Å²) in [5.74, 6) is 0. The van der Waals surface area contributed by atoms with E-state index in [1.165, 1.54) is 37.0 Å². The summed E-state index contributed by atoms with van der Waals surface area (Å²) >= 11 is 1.85. The van der Waals surface area contributed by atoms with Crippen LogP contribution in [0.15, 0.2) is 17.5 Å². The van der Waals surface area contributed by atoms with Crippen molar-refractivity contribution in [3.8, 4) is 0 Å². The molecular formula is C14H24N2S. The van der Waals surface area contributed by atoms with Crippen molar-refractivity contribution in [3.63, 3.8) is 0 Å². The van der Waals surface area contributed by atoms with Gasteiger partial charge in [0.2, 0.25) is 0 Å². The van der Waals surface area contributed by atoms with Crippen LogP contribution in [0.3, 0.4) is 0 Å². The van der Waals surface area contributed by atoms with Gasteiger partial charge in [-0.05, 0) is 43.3 Å². The van der Waals surface area contributed by atoms with Gasteiger partial charge < -0.3 is 10.6 Å². The maximum atomic E-state index is 6.04. The van der Waals surface area contributed by atoms with Gasteiger partial charge >= 0.3 is 0 Å². The molecule has 1 aromatic rings. The average molecular weight is 252 g/mol. The molecule has 17 heavy (non-hydrogen) atoms. The van der Waals surface area contributed by atoms with Crippen molar-refractivity contribution in [1.29, 1.82) is 0 Å². The summed E-state index contributed by atoms with van der Waals surface area (Å²) in [6, 6.07) is 4.35. The molecule has 0 amide bonds. The molecule has 2 rings (SSSR count). The molecule has 96 valence electrons. The summed E-state index contributed by atoms with van der Waals surface area (Å²) in [6.45, 7) is 3.07. The molecule has 2 nitrogen and oxygen atoms in total. The zero-order chi connectivity index (χ0) is 12.1. The number of hydrogen-bond donors (Lipinski definition) is 1. The van der Waals surface area contributed by atoms with Crippen molar-refractivity contribution in [2.24, 2.45) is 11.1 Å². The van der Waals surface area contributed by atoms with Gasteiger partial charge in [0.25, 0.3) is 0 Å². The molecule has 0 spiro atoms. The number of hydrogen-bond acceptors (Lipinski definition) is 3. The van der Waals surface area contributed by atoms with Gasteiger partial charge in [-0.15, -0.1) is 11.3 Å². The Morgan fingerprint density at radius 2 is 2.12 bits per heavy atom. The van der Waals surface area contributed by atoms with Crippen LogP contribution >= 0.6 is 11.3 Å². The van der Waals surface area contributed by atoms with E-state index < -0.39 is 0 Å². The van der Waals surface area contributed by atoms with Gasteiger partial charge in [0.05, 0.1) is 0 Å². The van der Waals surface area contributed by atoms with E-state index in [1.807, 2.05) is 11.3 Å². The van der Waals surface area contributed by atoms with Crippen LogP contribution in [-0.2, 0) is 6.54 Å². The minimum atomic E-state index is 0.393. The quantitative estimate of drug-likeness (QED) is 0.872. The molecule has 0 saturated heterocycles. The molecule has 0 bridgehead atoms. The van der Waals surface area contributed by atoms with Gasteiger partial charge in [0.1, 0.15) is 0 Å². The van der Waals surface area contributed by atoms with E-state index >= 15 is 0 Å². The fourth-order valence-electron chi connectivity index (χ4n) is 3.03. The lowest BCUT2D eigenvalue weighted by Gasteiger charge is -2.39. The first-order valence-corrected chi connectivity index (χ1v) is 7.53. The molecule has 0 aliphatic heterocycles. The maximum absolute atomic E-state index is 6.04. The Hall–Kier alpha value is -0.380. The second-order valence-corrected chi connectivity index (χ2v) is 6.55. The lowest BCUT2D eigenvalue weighted by Crippen LogP contribution is -2.42. The largest absolute Gasteiger partial charge is 0.330 e. The van der Waals surface area contributed by atoms with Gasteiger partial charge in [-0.25, -0.2) is 0 Å². The summed E-state index contributed by atoms with van der Waals surface area (Å²) < 4.78 is 0. The highest BCUT2D eigenvalue weighted by Gasteiger charge is 2.31. The SMILES string of the molecule is CN(Cc1cccs1)CC1(CN)CCCCC1. The second kappa shape index (κ2) is 5.98. The van der Waals surface area contributed by atoms with Crippen LogP contribution < -0.4 is 5.73 Å². The van der Waals surface area contributed by atoms with Crippen molar-refractivity contribution in [2.45, 2.75) is 38.6 Å². The lowest BCUT2D eigenvalue weighted by atomic mass is 9.74. The van der Waals surface area contributed by atoms with Gasteiger partial charge in [-0.2, -0.15) is 0 Å². The van der Waals surface area contributed by atoms with E-state index in [2.05, 4.69) is 29.5 Å². The highest BCUT2D eigenvalue weighted by Crippen LogP contribution is 2.36. The molecule has 1 aliphatic carbocycles. The number of nitrogens with zero attached hydrogens (tertiary/aromatic N) is 1. The second-order valence-electron chi connectivity index (χ2n) is 5.52.